The molecule has 0 radical (unpaired) electrons. The normalized spacial score (nSPS) is 18.1. The van der Waals surface area contributed by atoms with Gasteiger partial charge in [-0.25, -0.2) is 9.37 Å². The summed E-state index contributed by atoms with van der Waals surface area (Å²) < 4.78 is 13.5. The van der Waals surface area contributed by atoms with Crippen LogP contribution in [0.15, 0.2) is 48.5 Å². The minimum absolute atomic E-state index is 0.0282. The lowest BCUT2D eigenvalue weighted by Crippen LogP contribution is -2.30. The lowest BCUT2D eigenvalue weighted by atomic mass is 9.90. The van der Waals surface area contributed by atoms with Crippen LogP contribution in [0.4, 0.5) is 15.2 Å². The molecule has 1 aromatic heterocycles. The Labute approximate surface area is 183 Å². The molecule has 2 N–H and O–H groups in total. The number of fused-ring (bicyclic) bond motifs is 2. The first kappa shape index (κ1) is 19.8. The molecule has 31 heavy (non-hydrogen) atoms. The van der Waals surface area contributed by atoms with E-state index in [-0.39, 0.29) is 18.2 Å². The summed E-state index contributed by atoms with van der Waals surface area (Å²) in [5, 5.41) is 6.07. The molecule has 0 saturated carbocycles. The molecule has 2 aromatic carbocycles. The van der Waals surface area contributed by atoms with Crippen molar-refractivity contribution >= 4 is 34.0 Å². The summed E-state index contributed by atoms with van der Waals surface area (Å²) in [6.07, 6.45) is 0.864. The minimum Gasteiger partial charge on any atom is -0.326 e. The Morgan fingerprint density at radius 2 is 2.10 bits per heavy atom. The summed E-state index contributed by atoms with van der Waals surface area (Å²) in [6.45, 7) is 2.59. The molecule has 1 unspecified atom stereocenters. The number of amides is 2. The van der Waals surface area contributed by atoms with Crippen LogP contribution in [-0.4, -0.2) is 28.2 Å². The van der Waals surface area contributed by atoms with Gasteiger partial charge in [0.1, 0.15) is 5.82 Å². The molecule has 5 rings (SSSR count). The standard InChI is InChI=1S/C23H21FN4O2S/c24-15-6-7-16-17(11-21(29)25-19(16)10-15)22(30)27-23-26-18-8-9-28(13-20(18)31-23)12-14-4-2-1-3-5-14/h1-7,10,17H,8-9,11-13H2,(H,25,29)(H,26,27,30). The largest absolute Gasteiger partial charge is 0.326 e. The van der Waals surface area contributed by atoms with Crippen molar-refractivity contribution in [3.8, 4) is 0 Å². The average Bonchev–Trinajstić information content (AvgIpc) is 3.15. The molecule has 3 heterocycles. The number of hydrogen-bond acceptors (Lipinski definition) is 5. The predicted octanol–water partition coefficient (Wildman–Crippen LogP) is 3.91. The number of carbonyl (C=O) groups is 2. The lowest BCUT2D eigenvalue weighted by molar-refractivity contribution is -0.123. The van der Waals surface area contributed by atoms with Crippen molar-refractivity contribution < 1.29 is 14.0 Å². The molecule has 3 aromatic rings. The van der Waals surface area contributed by atoms with Gasteiger partial charge in [0.15, 0.2) is 5.13 Å². The van der Waals surface area contributed by atoms with Gasteiger partial charge in [-0.1, -0.05) is 36.4 Å². The Bertz CT molecular complexity index is 1150. The zero-order valence-electron chi connectivity index (χ0n) is 16.7. The number of aromatic nitrogens is 1. The summed E-state index contributed by atoms with van der Waals surface area (Å²) in [6, 6.07) is 14.5. The molecule has 2 amide bonds. The molecule has 8 heteroatoms. The molecule has 1 atom stereocenters. The van der Waals surface area contributed by atoms with Gasteiger partial charge >= 0.3 is 0 Å². The maximum atomic E-state index is 13.5. The zero-order valence-corrected chi connectivity index (χ0v) is 17.5. The van der Waals surface area contributed by atoms with Crippen molar-refractivity contribution in [2.45, 2.75) is 31.8 Å². The second kappa shape index (κ2) is 8.20. The van der Waals surface area contributed by atoms with Gasteiger partial charge in [-0.2, -0.15) is 0 Å². The highest BCUT2D eigenvalue weighted by Crippen LogP contribution is 2.35. The Balaban J connectivity index is 1.29. The number of halogens is 1. The number of thiazole rings is 1. The third-order valence-corrected chi connectivity index (χ3v) is 6.66. The summed E-state index contributed by atoms with van der Waals surface area (Å²) in [5.74, 6) is -1.71. The first-order chi connectivity index (χ1) is 15.0. The number of nitrogens with one attached hydrogen (secondary N) is 2. The Morgan fingerprint density at radius 1 is 1.26 bits per heavy atom. The zero-order chi connectivity index (χ0) is 21.4. The highest BCUT2D eigenvalue weighted by Gasteiger charge is 2.32. The van der Waals surface area contributed by atoms with E-state index in [0.29, 0.717) is 16.4 Å². The second-order valence-electron chi connectivity index (χ2n) is 7.86. The van der Waals surface area contributed by atoms with Crippen LogP contribution in [0.25, 0.3) is 0 Å². The molecule has 2 aliphatic rings. The maximum absolute atomic E-state index is 13.5. The number of anilines is 2. The van der Waals surface area contributed by atoms with Gasteiger partial charge in [0.05, 0.1) is 11.6 Å². The first-order valence-electron chi connectivity index (χ1n) is 10.2. The molecule has 0 fully saturated rings. The molecule has 0 saturated heterocycles. The molecular weight excluding hydrogens is 415 g/mol. The van der Waals surface area contributed by atoms with Crippen LogP contribution in [0.5, 0.6) is 0 Å². The van der Waals surface area contributed by atoms with Crippen LogP contribution in [-0.2, 0) is 29.1 Å². The fourth-order valence-corrected chi connectivity index (χ4v) is 5.20. The van der Waals surface area contributed by atoms with Crippen LogP contribution in [0.3, 0.4) is 0 Å². The summed E-state index contributed by atoms with van der Waals surface area (Å²) in [7, 11) is 0. The topological polar surface area (TPSA) is 74.3 Å². The van der Waals surface area contributed by atoms with Crippen LogP contribution in [0.1, 0.15) is 34.0 Å². The first-order valence-corrected chi connectivity index (χ1v) is 11.0. The van der Waals surface area contributed by atoms with E-state index in [2.05, 4.69) is 32.7 Å². The fourth-order valence-electron chi connectivity index (χ4n) is 4.14. The minimum atomic E-state index is -0.667. The predicted molar refractivity (Wildman–Crippen MR) is 117 cm³/mol. The monoisotopic (exact) mass is 436 g/mol. The number of carbonyl (C=O) groups excluding carboxylic acids is 2. The number of benzene rings is 2. The van der Waals surface area contributed by atoms with Crippen LogP contribution < -0.4 is 10.6 Å². The van der Waals surface area contributed by atoms with Gasteiger partial charge < -0.3 is 10.6 Å². The molecule has 2 aliphatic heterocycles. The van der Waals surface area contributed by atoms with Crippen molar-refractivity contribution in [3.63, 3.8) is 0 Å². The molecule has 0 spiro atoms. The van der Waals surface area contributed by atoms with Crippen molar-refractivity contribution in [3.05, 3.63) is 76.0 Å². The van der Waals surface area contributed by atoms with Crippen molar-refractivity contribution in [1.82, 2.24) is 9.88 Å². The Morgan fingerprint density at radius 3 is 2.94 bits per heavy atom. The van der Waals surface area contributed by atoms with Gasteiger partial charge in [0.25, 0.3) is 0 Å². The third kappa shape index (κ3) is 4.22. The van der Waals surface area contributed by atoms with Crippen LogP contribution in [0.2, 0.25) is 0 Å². The molecular formula is C23H21FN4O2S. The van der Waals surface area contributed by atoms with E-state index in [4.69, 9.17) is 0 Å². The highest BCUT2D eigenvalue weighted by atomic mass is 32.1. The lowest BCUT2D eigenvalue weighted by Gasteiger charge is -2.25. The average molecular weight is 437 g/mol. The van der Waals surface area contributed by atoms with Crippen LogP contribution in [0, 0.1) is 5.82 Å². The smallest absolute Gasteiger partial charge is 0.234 e. The fraction of sp³-hybridized carbons (Fsp3) is 0.261. The van der Waals surface area contributed by atoms with Gasteiger partial charge in [0.2, 0.25) is 11.8 Å². The number of nitrogens with zero attached hydrogens (tertiary/aromatic N) is 2. The molecule has 6 nitrogen and oxygen atoms in total. The number of rotatable bonds is 4. The SMILES string of the molecule is O=C1CC(C(=O)Nc2nc3c(s2)CN(Cc2ccccc2)CC3)c2ccc(F)cc2N1. The van der Waals surface area contributed by atoms with Crippen LogP contribution >= 0.6 is 11.3 Å². The van der Waals surface area contributed by atoms with E-state index in [9.17, 15) is 14.0 Å². The van der Waals surface area contributed by atoms with Crippen molar-refractivity contribution in [2.75, 3.05) is 17.2 Å². The summed E-state index contributed by atoms with van der Waals surface area (Å²) in [5.41, 5.74) is 3.27. The Hall–Kier alpha value is -3.10. The summed E-state index contributed by atoms with van der Waals surface area (Å²) >= 11 is 1.48. The van der Waals surface area contributed by atoms with Gasteiger partial charge in [-0.15, -0.1) is 11.3 Å². The molecule has 0 aliphatic carbocycles. The molecule has 0 bridgehead atoms. The third-order valence-electron chi connectivity index (χ3n) is 5.66. The quantitative estimate of drug-likeness (QED) is 0.651. The van der Waals surface area contributed by atoms with Gasteiger partial charge in [-0.3, -0.25) is 14.5 Å². The van der Waals surface area contributed by atoms with E-state index in [0.717, 1.165) is 36.6 Å². The number of hydrogen-bond donors (Lipinski definition) is 2. The molecule has 158 valence electrons. The van der Waals surface area contributed by atoms with Crippen molar-refractivity contribution in [2.24, 2.45) is 0 Å². The van der Waals surface area contributed by atoms with Gasteiger partial charge in [-0.05, 0) is 23.3 Å². The summed E-state index contributed by atoms with van der Waals surface area (Å²) in [4.78, 5) is 33.1. The van der Waals surface area contributed by atoms with E-state index < -0.39 is 11.7 Å². The second-order valence-corrected chi connectivity index (χ2v) is 8.94. The van der Waals surface area contributed by atoms with E-state index in [1.807, 2.05) is 18.2 Å². The van der Waals surface area contributed by atoms with E-state index in [1.54, 1.807) is 6.07 Å². The maximum Gasteiger partial charge on any atom is 0.234 e. The van der Waals surface area contributed by atoms with E-state index in [1.165, 1.54) is 29.0 Å². The highest BCUT2D eigenvalue weighted by molar-refractivity contribution is 7.15. The van der Waals surface area contributed by atoms with Gasteiger partial charge in [0, 0.05) is 43.0 Å². The van der Waals surface area contributed by atoms with E-state index >= 15 is 0 Å². The Kier molecular flexibility index (Phi) is 5.25. The van der Waals surface area contributed by atoms with Crippen molar-refractivity contribution in [1.29, 1.82) is 0 Å².